The number of rotatable bonds is 5. The van der Waals surface area contributed by atoms with E-state index in [1.54, 1.807) is 0 Å². The molecular formula is C49H35GdN4O2. The standard InChI is InChI=1S/C44H28N4.C5H8O2.Gd/c1-5-13-29(14-6-1)41-33-21-23-35(45-33)42(30-15-7-2-8-16-30)37-25-27-39(47-37)44(32-19-11-4-12-20-32)40-28-26-38(48-40)43(31-17-9-3-10-18-31)36-24-22-34(41)46-36;1-4(6)3-5(2)7;/h1-28H;3,6H,1-2H3;/q-2;;+3/p-1/b;4-3+;. The molecule has 9 rings (SSSR count). The monoisotopic (exact) mass is 869 g/mol. The molecule has 0 saturated carbocycles. The summed E-state index contributed by atoms with van der Waals surface area (Å²) < 4.78 is 0. The third-order valence-corrected chi connectivity index (χ3v) is 9.27. The number of ketones is 1. The minimum atomic E-state index is -0.187. The molecule has 3 aromatic heterocycles. The average Bonchev–Trinajstić information content (AvgIpc) is 4.04. The molecule has 56 heavy (non-hydrogen) atoms. The smallest absolute Gasteiger partial charge is 0.876 e. The van der Waals surface area contributed by atoms with Crippen molar-refractivity contribution in [2.45, 2.75) is 13.8 Å². The molecule has 2 aliphatic heterocycles. The van der Waals surface area contributed by atoms with Gasteiger partial charge < -0.3 is 15.1 Å². The van der Waals surface area contributed by atoms with E-state index in [9.17, 15) is 9.90 Å². The van der Waals surface area contributed by atoms with Gasteiger partial charge in [0.2, 0.25) is 0 Å². The molecule has 0 fully saturated rings. The Morgan fingerprint density at radius 2 is 0.696 bits per heavy atom. The molecular weight excluding hydrogens is 834 g/mol. The maximum atomic E-state index is 9.98. The normalized spacial score (nSPS) is 11.7. The SMILES string of the molecule is C1=Cc2nc1c(-c1ccccc1)c1ccc([n-]1)c(-c1ccccc1)c1nc(c(-c3ccccc3)c3ccc([n-]3)c2-c2ccccc2)C=C1.CC(=O)/C=C(\C)[O-].[Gd+3]. The van der Waals surface area contributed by atoms with Crippen LogP contribution in [0.2, 0.25) is 0 Å². The molecule has 1 radical (unpaired) electrons. The molecule has 271 valence electrons. The fourth-order valence-corrected chi connectivity index (χ4v) is 6.98. The zero-order chi connectivity index (χ0) is 37.7. The van der Waals surface area contributed by atoms with Gasteiger partial charge in [0.15, 0.2) is 5.78 Å². The topological polar surface area (TPSA) is 94.1 Å². The number of allylic oxidation sites excluding steroid dienone is 2. The van der Waals surface area contributed by atoms with E-state index in [0.29, 0.717) is 0 Å². The second kappa shape index (κ2) is 17.2. The van der Waals surface area contributed by atoms with Crippen molar-refractivity contribution in [3.8, 4) is 44.5 Å². The summed E-state index contributed by atoms with van der Waals surface area (Å²) in [6.07, 6.45) is 9.46. The van der Waals surface area contributed by atoms with Crippen molar-refractivity contribution in [3.63, 3.8) is 0 Å². The summed E-state index contributed by atoms with van der Waals surface area (Å²) in [6, 6.07) is 50.0. The first kappa shape index (κ1) is 38.3. The summed E-state index contributed by atoms with van der Waals surface area (Å²) in [6.45, 7) is 2.70. The predicted molar refractivity (Wildman–Crippen MR) is 223 cm³/mol. The second-order valence-corrected chi connectivity index (χ2v) is 13.2. The summed E-state index contributed by atoms with van der Waals surface area (Å²) in [5, 5.41) is 9.98. The summed E-state index contributed by atoms with van der Waals surface area (Å²) >= 11 is 0. The maximum Gasteiger partial charge on any atom is 3.00 e. The van der Waals surface area contributed by atoms with Crippen LogP contribution in [0.25, 0.3) is 90.9 Å². The van der Waals surface area contributed by atoms with Crippen LogP contribution in [0.15, 0.2) is 157 Å². The Hall–Kier alpha value is -5.99. The van der Waals surface area contributed by atoms with Crippen LogP contribution in [0.1, 0.15) is 36.6 Å². The van der Waals surface area contributed by atoms with Crippen LogP contribution in [0.3, 0.4) is 0 Å². The van der Waals surface area contributed by atoms with Crippen LogP contribution in [0.4, 0.5) is 0 Å². The van der Waals surface area contributed by atoms with Crippen molar-refractivity contribution in [2.24, 2.45) is 0 Å². The van der Waals surface area contributed by atoms with Gasteiger partial charge in [-0.3, -0.25) is 4.79 Å². The zero-order valence-electron chi connectivity index (χ0n) is 30.7. The molecule has 8 bridgehead atoms. The van der Waals surface area contributed by atoms with Gasteiger partial charge in [0.25, 0.3) is 0 Å². The maximum absolute atomic E-state index is 9.98. The van der Waals surface area contributed by atoms with Crippen molar-refractivity contribution < 1.29 is 49.8 Å². The molecule has 5 heterocycles. The molecule has 4 aromatic carbocycles. The molecule has 2 aliphatic rings. The van der Waals surface area contributed by atoms with E-state index < -0.39 is 0 Å². The third-order valence-electron chi connectivity index (χ3n) is 9.27. The molecule has 0 amide bonds. The number of benzene rings is 4. The molecule has 0 aliphatic carbocycles. The van der Waals surface area contributed by atoms with Gasteiger partial charge >= 0.3 is 39.9 Å². The first-order chi connectivity index (χ1) is 26.9. The van der Waals surface area contributed by atoms with Crippen molar-refractivity contribution in [2.75, 3.05) is 0 Å². The van der Waals surface area contributed by atoms with E-state index in [1.807, 2.05) is 24.3 Å². The van der Waals surface area contributed by atoms with Gasteiger partial charge in [-0.1, -0.05) is 153 Å². The van der Waals surface area contributed by atoms with E-state index in [-0.39, 0.29) is 51.5 Å². The van der Waals surface area contributed by atoms with Gasteiger partial charge in [0.1, 0.15) is 0 Å². The fraction of sp³-hybridized carbons (Fsp3) is 0.0408. The predicted octanol–water partition coefficient (Wildman–Crippen LogP) is 10.4. The van der Waals surface area contributed by atoms with Gasteiger partial charge in [-0.25, -0.2) is 9.97 Å². The van der Waals surface area contributed by atoms with Crippen LogP contribution in [0.5, 0.6) is 0 Å². The van der Waals surface area contributed by atoms with Crippen LogP contribution < -0.4 is 15.1 Å². The Morgan fingerprint density at radius 1 is 0.446 bits per heavy atom. The number of carbonyl (C=O) groups is 1. The third kappa shape index (κ3) is 8.16. The Kier molecular flexibility index (Phi) is 11.8. The van der Waals surface area contributed by atoms with Crippen molar-refractivity contribution >= 4 is 52.2 Å². The number of hydrogen-bond acceptors (Lipinski definition) is 4. The quantitative estimate of drug-likeness (QED) is 0.126. The molecule has 0 N–H and O–H groups in total. The summed E-state index contributed by atoms with van der Waals surface area (Å²) in [5.41, 5.74) is 15.0. The largest absolute Gasteiger partial charge is 3.00 e. The number of carbonyl (C=O) groups excluding carboxylic acids is 1. The Labute approximate surface area is 357 Å². The first-order valence-corrected chi connectivity index (χ1v) is 18.1. The van der Waals surface area contributed by atoms with Crippen LogP contribution >= 0.6 is 0 Å². The van der Waals surface area contributed by atoms with Gasteiger partial charge in [0.05, 0.1) is 22.8 Å². The Balaban J connectivity index is 0.000000552. The van der Waals surface area contributed by atoms with E-state index in [1.165, 1.54) is 13.8 Å². The first-order valence-electron chi connectivity index (χ1n) is 18.1. The van der Waals surface area contributed by atoms with Gasteiger partial charge in [0, 0.05) is 0 Å². The second-order valence-electron chi connectivity index (χ2n) is 13.2. The Morgan fingerprint density at radius 3 is 0.893 bits per heavy atom. The number of aromatic nitrogens is 4. The Bertz CT molecular complexity index is 2430. The summed E-state index contributed by atoms with van der Waals surface area (Å²) in [7, 11) is 0. The van der Waals surface area contributed by atoms with E-state index in [4.69, 9.17) is 19.9 Å². The molecule has 0 atom stereocenters. The van der Waals surface area contributed by atoms with Crippen molar-refractivity contribution in [3.05, 3.63) is 180 Å². The number of hydrogen-bond donors (Lipinski definition) is 0. The molecule has 6 nitrogen and oxygen atoms in total. The molecule has 0 spiro atoms. The van der Waals surface area contributed by atoms with Crippen molar-refractivity contribution in [1.29, 1.82) is 0 Å². The number of nitrogens with zero attached hydrogens (tertiary/aromatic N) is 4. The minimum absolute atomic E-state index is 0. The fourth-order valence-electron chi connectivity index (χ4n) is 6.98. The molecule has 7 aromatic rings. The zero-order valence-corrected chi connectivity index (χ0v) is 33.0. The van der Waals surface area contributed by atoms with Gasteiger partial charge in [-0.2, -0.15) is 0 Å². The molecule has 0 saturated heterocycles. The molecule has 7 heteroatoms. The van der Waals surface area contributed by atoms with E-state index in [0.717, 1.165) is 95.4 Å². The minimum Gasteiger partial charge on any atom is -0.876 e. The summed E-state index contributed by atoms with van der Waals surface area (Å²) in [4.78, 5) is 31.2. The molecule has 0 unspecified atom stereocenters. The summed E-state index contributed by atoms with van der Waals surface area (Å²) in [5.74, 6) is -0.375. The van der Waals surface area contributed by atoms with Gasteiger partial charge in [-0.05, 0) is 81.8 Å². The van der Waals surface area contributed by atoms with E-state index >= 15 is 0 Å². The average molecular weight is 869 g/mol. The number of fused-ring (bicyclic) bond motifs is 8. The van der Waals surface area contributed by atoms with E-state index in [2.05, 4.69) is 146 Å². The van der Waals surface area contributed by atoms with Gasteiger partial charge in [-0.15, -0.1) is 27.8 Å². The van der Waals surface area contributed by atoms with Crippen molar-refractivity contribution in [1.82, 2.24) is 19.9 Å². The van der Waals surface area contributed by atoms with Crippen LogP contribution in [0, 0.1) is 39.9 Å². The van der Waals surface area contributed by atoms with Crippen LogP contribution in [-0.2, 0) is 4.79 Å². The van der Waals surface area contributed by atoms with Crippen LogP contribution in [-0.4, -0.2) is 15.8 Å².